The predicted molar refractivity (Wildman–Crippen MR) is 76.7 cm³/mol. The third kappa shape index (κ3) is 4.38. The molecule has 1 rings (SSSR count). The molecule has 21 heavy (non-hydrogen) atoms. The first kappa shape index (κ1) is 17.3. The SMILES string of the molecule is CCCCNC(=O)c1cc([N+](=O)[O-])cc(S(N)(=O)=O)c1Cl. The van der Waals surface area contributed by atoms with Gasteiger partial charge in [0.1, 0.15) is 4.90 Å². The molecule has 8 nitrogen and oxygen atoms in total. The Balaban J connectivity index is 3.34. The lowest BCUT2D eigenvalue weighted by molar-refractivity contribution is -0.385. The van der Waals surface area contributed by atoms with Crippen molar-refractivity contribution >= 4 is 33.2 Å². The number of nitrogens with one attached hydrogen (secondary N) is 1. The molecule has 1 aromatic carbocycles. The van der Waals surface area contributed by atoms with Crippen molar-refractivity contribution in [3.05, 3.63) is 32.8 Å². The van der Waals surface area contributed by atoms with Gasteiger partial charge in [-0.3, -0.25) is 14.9 Å². The third-order valence-electron chi connectivity index (χ3n) is 2.60. The molecule has 0 atom stereocenters. The lowest BCUT2D eigenvalue weighted by Gasteiger charge is -2.09. The van der Waals surface area contributed by atoms with Crippen LogP contribution in [0.4, 0.5) is 5.69 Å². The third-order valence-corrected chi connectivity index (χ3v) is 4.06. The number of hydrogen-bond donors (Lipinski definition) is 2. The molecule has 0 saturated heterocycles. The number of sulfonamides is 1. The fourth-order valence-electron chi connectivity index (χ4n) is 1.53. The molecule has 0 unspecified atom stereocenters. The summed E-state index contributed by atoms with van der Waals surface area (Å²) >= 11 is 5.84. The van der Waals surface area contributed by atoms with Gasteiger partial charge in [0.25, 0.3) is 11.6 Å². The van der Waals surface area contributed by atoms with Gasteiger partial charge in [-0.15, -0.1) is 0 Å². The Morgan fingerprint density at radius 1 is 1.48 bits per heavy atom. The Hall–Kier alpha value is -1.71. The molecule has 0 aliphatic rings. The second-order valence-corrected chi connectivity index (χ2v) is 6.12. The van der Waals surface area contributed by atoms with Crippen LogP contribution < -0.4 is 10.5 Å². The smallest absolute Gasteiger partial charge is 0.271 e. The van der Waals surface area contributed by atoms with Crippen molar-refractivity contribution < 1.29 is 18.1 Å². The number of amides is 1. The number of nitro benzene ring substituents is 1. The number of rotatable bonds is 6. The maximum atomic E-state index is 11.9. The first-order valence-corrected chi connectivity index (χ1v) is 7.89. The summed E-state index contributed by atoms with van der Waals surface area (Å²) in [6.07, 6.45) is 1.55. The molecule has 0 bridgehead atoms. The maximum Gasteiger partial charge on any atom is 0.271 e. The van der Waals surface area contributed by atoms with Crippen LogP contribution in [-0.4, -0.2) is 25.8 Å². The van der Waals surface area contributed by atoms with E-state index in [-0.39, 0.29) is 5.56 Å². The van der Waals surface area contributed by atoms with Crippen molar-refractivity contribution in [3.63, 3.8) is 0 Å². The topological polar surface area (TPSA) is 132 Å². The zero-order chi connectivity index (χ0) is 16.2. The number of nitrogens with zero attached hydrogens (tertiary/aromatic N) is 1. The summed E-state index contributed by atoms with van der Waals surface area (Å²) in [7, 11) is -4.29. The number of nitrogens with two attached hydrogens (primary N) is 1. The molecule has 0 aromatic heterocycles. The summed E-state index contributed by atoms with van der Waals surface area (Å²) in [6, 6.07) is 1.64. The fraction of sp³-hybridized carbons (Fsp3) is 0.364. The van der Waals surface area contributed by atoms with Crippen molar-refractivity contribution in [2.24, 2.45) is 5.14 Å². The molecule has 0 aliphatic heterocycles. The molecule has 0 heterocycles. The van der Waals surface area contributed by atoms with Gasteiger partial charge in [0.05, 0.1) is 15.5 Å². The van der Waals surface area contributed by atoms with Crippen LogP contribution in [0, 0.1) is 10.1 Å². The number of primary sulfonamides is 1. The van der Waals surface area contributed by atoms with Gasteiger partial charge in [-0.2, -0.15) is 0 Å². The van der Waals surface area contributed by atoms with Crippen molar-refractivity contribution in [1.29, 1.82) is 0 Å². The highest BCUT2D eigenvalue weighted by Crippen LogP contribution is 2.29. The number of halogens is 1. The van der Waals surface area contributed by atoms with Gasteiger partial charge < -0.3 is 5.32 Å². The van der Waals surface area contributed by atoms with E-state index in [1.54, 1.807) is 0 Å². The molecule has 0 radical (unpaired) electrons. The Morgan fingerprint density at radius 2 is 2.10 bits per heavy atom. The van der Waals surface area contributed by atoms with Crippen molar-refractivity contribution in [1.82, 2.24) is 5.32 Å². The van der Waals surface area contributed by atoms with Gasteiger partial charge in [-0.1, -0.05) is 24.9 Å². The number of carbonyl (C=O) groups excluding carboxylic acids is 1. The maximum absolute atomic E-state index is 11.9. The minimum Gasteiger partial charge on any atom is -0.352 e. The number of nitro groups is 1. The Morgan fingerprint density at radius 3 is 2.57 bits per heavy atom. The molecule has 0 aliphatic carbocycles. The quantitative estimate of drug-likeness (QED) is 0.461. The lowest BCUT2D eigenvalue weighted by Crippen LogP contribution is -2.25. The number of benzene rings is 1. The molecule has 1 aromatic rings. The number of carbonyl (C=O) groups is 1. The van der Waals surface area contributed by atoms with Crippen LogP contribution in [0.5, 0.6) is 0 Å². The molecule has 10 heteroatoms. The fourth-order valence-corrected chi connectivity index (χ4v) is 2.70. The zero-order valence-corrected chi connectivity index (χ0v) is 12.7. The Labute approximate surface area is 126 Å². The van der Waals surface area contributed by atoms with Gasteiger partial charge in [-0.25, -0.2) is 13.6 Å². The zero-order valence-electron chi connectivity index (χ0n) is 11.1. The van der Waals surface area contributed by atoms with E-state index in [2.05, 4.69) is 5.32 Å². The van der Waals surface area contributed by atoms with E-state index in [1.165, 1.54) is 0 Å². The number of non-ortho nitro benzene ring substituents is 1. The normalized spacial score (nSPS) is 11.2. The first-order chi connectivity index (χ1) is 9.68. The van der Waals surface area contributed by atoms with Crippen molar-refractivity contribution in [2.75, 3.05) is 6.54 Å². The number of unbranched alkanes of at least 4 members (excludes halogenated alkanes) is 1. The summed E-state index contributed by atoms with van der Waals surface area (Å²) in [4.78, 5) is 21.3. The van der Waals surface area contributed by atoms with E-state index in [9.17, 15) is 23.3 Å². The standard InChI is InChI=1S/C11H14ClN3O5S/c1-2-3-4-14-11(16)8-5-7(15(17)18)6-9(10(8)12)21(13,19)20/h5-6H,2-4H2,1H3,(H,14,16)(H2,13,19,20). The lowest BCUT2D eigenvalue weighted by atomic mass is 10.2. The van der Waals surface area contributed by atoms with Crippen LogP contribution in [0.2, 0.25) is 5.02 Å². The van der Waals surface area contributed by atoms with Gasteiger partial charge in [0.15, 0.2) is 0 Å². The van der Waals surface area contributed by atoms with Crippen LogP contribution in [0.1, 0.15) is 30.1 Å². The first-order valence-electron chi connectivity index (χ1n) is 5.97. The van der Waals surface area contributed by atoms with E-state index < -0.39 is 36.5 Å². The molecular formula is C11H14ClN3O5S. The van der Waals surface area contributed by atoms with Crippen molar-refractivity contribution in [3.8, 4) is 0 Å². The second-order valence-electron chi connectivity index (χ2n) is 4.22. The van der Waals surface area contributed by atoms with E-state index >= 15 is 0 Å². The van der Waals surface area contributed by atoms with Gasteiger partial charge >= 0.3 is 0 Å². The minimum absolute atomic E-state index is 0.300. The van der Waals surface area contributed by atoms with Gasteiger partial charge in [0.2, 0.25) is 10.0 Å². The number of hydrogen-bond acceptors (Lipinski definition) is 5. The summed E-state index contributed by atoms with van der Waals surface area (Å²) in [6.45, 7) is 2.27. The summed E-state index contributed by atoms with van der Waals surface area (Å²) in [5.74, 6) is -0.693. The summed E-state index contributed by atoms with van der Waals surface area (Å²) < 4.78 is 22.8. The highest BCUT2D eigenvalue weighted by atomic mass is 35.5. The van der Waals surface area contributed by atoms with Crippen molar-refractivity contribution in [2.45, 2.75) is 24.7 Å². The molecule has 0 spiro atoms. The second kappa shape index (κ2) is 6.83. The van der Waals surface area contributed by atoms with Crippen LogP contribution in [0.3, 0.4) is 0 Å². The highest BCUT2D eigenvalue weighted by Gasteiger charge is 2.25. The van der Waals surface area contributed by atoms with E-state index in [0.717, 1.165) is 18.6 Å². The van der Waals surface area contributed by atoms with Crippen LogP contribution >= 0.6 is 11.6 Å². The minimum atomic E-state index is -4.29. The summed E-state index contributed by atoms with van der Waals surface area (Å²) in [5, 5.41) is 17.8. The van der Waals surface area contributed by atoms with E-state index in [0.29, 0.717) is 13.0 Å². The highest BCUT2D eigenvalue weighted by molar-refractivity contribution is 7.89. The monoisotopic (exact) mass is 335 g/mol. The Kier molecular flexibility index (Phi) is 5.64. The van der Waals surface area contributed by atoms with Crippen LogP contribution in [0.15, 0.2) is 17.0 Å². The van der Waals surface area contributed by atoms with Gasteiger partial charge in [0, 0.05) is 18.7 Å². The molecule has 0 saturated carbocycles. The van der Waals surface area contributed by atoms with Gasteiger partial charge in [-0.05, 0) is 6.42 Å². The molecule has 116 valence electrons. The summed E-state index contributed by atoms with van der Waals surface area (Å²) in [5.41, 5.74) is -0.880. The van der Waals surface area contributed by atoms with E-state index in [4.69, 9.17) is 16.7 Å². The molecular weight excluding hydrogens is 322 g/mol. The van der Waals surface area contributed by atoms with E-state index in [1.807, 2.05) is 6.92 Å². The molecule has 0 fully saturated rings. The molecule has 3 N–H and O–H groups in total. The van der Waals surface area contributed by atoms with Crippen LogP contribution in [-0.2, 0) is 10.0 Å². The average Bonchev–Trinajstić information content (AvgIpc) is 2.37. The largest absolute Gasteiger partial charge is 0.352 e. The predicted octanol–water partition coefficient (Wildman–Crippen LogP) is 1.43. The average molecular weight is 336 g/mol. The Bertz CT molecular complexity index is 675. The molecule has 1 amide bonds. The van der Waals surface area contributed by atoms with Crippen LogP contribution in [0.25, 0.3) is 0 Å².